The molecule has 2 aromatic rings. The van der Waals surface area contributed by atoms with E-state index >= 15 is 0 Å². The molecule has 0 aromatic heterocycles. The van der Waals surface area contributed by atoms with Crippen molar-refractivity contribution in [2.45, 2.75) is 12.0 Å². The monoisotopic (exact) mass is 359 g/mol. The van der Waals surface area contributed by atoms with Gasteiger partial charge in [0.15, 0.2) is 0 Å². The zero-order valence-electron chi connectivity index (χ0n) is 13.7. The van der Waals surface area contributed by atoms with E-state index in [0.29, 0.717) is 10.6 Å². The molecular weight excluding hydrogens is 342 g/mol. The van der Waals surface area contributed by atoms with Crippen molar-refractivity contribution in [1.82, 2.24) is 5.06 Å². The van der Waals surface area contributed by atoms with Crippen molar-refractivity contribution in [3.05, 3.63) is 53.6 Å². The Labute approximate surface area is 148 Å². The first kappa shape index (κ1) is 17.6. The number of hydroxylamine groups is 2. The molecule has 0 bridgehead atoms. The van der Waals surface area contributed by atoms with E-state index in [1.807, 2.05) is 0 Å². The molecule has 2 aromatic carbocycles. The first-order valence-corrected chi connectivity index (χ1v) is 7.64. The van der Waals surface area contributed by atoms with Gasteiger partial charge >= 0.3 is 0 Å². The fourth-order valence-electron chi connectivity index (χ4n) is 2.79. The number of aromatic hydroxyl groups is 3. The summed E-state index contributed by atoms with van der Waals surface area (Å²) in [5.74, 6) is -1.40. The maximum atomic E-state index is 12.0. The van der Waals surface area contributed by atoms with Crippen LogP contribution in [0, 0.1) is 0 Å². The van der Waals surface area contributed by atoms with Gasteiger partial charge in [-0.3, -0.25) is 10.0 Å². The van der Waals surface area contributed by atoms with Crippen LogP contribution in [0.1, 0.15) is 17.5 Å². The molecule has 0 saturated heterocycles. The van der Waals surface area contributed by atoms with Crippen LogP contribution in [-0.2, 0) is 10.4 Å². The number of nitrogens with zero attached hydrogens (tertiary/aromatic N) is 1. The average Bonchev–Trinajstić information content (AvgIpc) is 2.53. The second-order valence-electron chi connectivity index (χ2n) is 6.01. The van der Waals surface area contributed by atoms with Gasteiger partial charge < -0.3 is 25.2 Å². The van der Waals surface area contributed by atoms with Crippen LogP contribution in [0.4, 0.5) is 0 Å². The number of rotatable bonds is 3. The van der Waals surface area contributed by atoms with Crippen molar-refractivity contribution in [2.75, 3.05) is 7.05 Å². The molecule has 3 rings (SSSR count). The SMILES string of the molecule is CN(O)C(=O)CC1(O)C=C(c2ccc(O)cc2)Oc2cc(O)cc(O)c21. The minimum absolute atomic E-state index is 0.0354. The van der Waals surface area contributed by atoms with Gasteiger partial charge in [0.25, 0.3) is 0 Å². The molecule has 1 unspecified atom stereocenters. The van der Waals surface area contributed by atoms with Crippen molar-refractivity contribution in [3.63, 3.8) is 0 Å². The Balaban J connectivity index is 2.15. The molecule has 1 heterocycles. The summed E-state index contributed by atoms with van der Waals surface area (Å²) in [4.78, 5) is 12.0. The van der Waals surface area contributed by atoms with E-state index in [1.54, 1.807) is 0 Å². The molecule has 0 fully saturated rings. The average molecular weight is 359 g/mol. The molecule has 8 heteroatoms. The molecule has 8 nitrogen and oxygen atoms in total. The number of ether oxygens (including phenoxy) is 1. The zero-order valence-corrected chi connectivity index (χ0v) is 13.7. The van der Waals surface area contributed by atoms with E-state index in [4.69, 9.17) is 4.74 Å². The van der Waals surface area contributed by atoms with Crippen molar-refractivity contribution in [3.8, 4) is 23.0 Å². The third kappa shape index (κ3) is 3.15. The van der Waals surface area contributed by atoms with Crippen molar-refractivity contribution in [1.29, 1.82) is 0 Å². The standard InChI is InChI=1S/C18H17NO7/c1-19(25)16(23)9-18(24)8-15(10-2-4-11(20)5-3-10)26-14-7-12(21)6-13(22)17(14)18/h2-8,20-22,24-25H,9H2,1H3. The second kappa shape index (κ2) is 6.25. The summed E-state index contributed by atoms with van der Waals surface area (Å²) >= 11 is 0. The van der Waals surface area contributed by atoms with Gasteiger partial charge in [-0.15, -0.1) is 0 Å². The predicted molar refractivity (Wildman–Crippen MR) is 89.6 cm³/mol. The number of carbonyl (C=O) groups excluding carboxylic acids is 1. The van der Waals surface area contributed by atoms with E-state index in [-0.39, 0.29) is 28.6 Å². The Hall–Kier alpha value is -3.23. The lowest BCUT2D eigenvalue weighted by Crippen LogP contribution is -2.35. The first-order chi connectivity index (χ1) is 12.2. The quantitative estimate of drug-likeness (QED) is 0.416. The predicted octanol–water partition coefficient (Wildman–Crippen LogP) is 1.66. The van der Waals surface area contributed by atoms with E-state index in [2.05, 4.69) is 0 Å². The van der Waals surface area contributed by atoms with Crippen molar-refractivity contribution in [2.24, 2.45) is 0 Å². The number of hydrogen-bond acceptors (Lipinski definition) is 7. The number of hydrogen-bond donors (Lipinski definition) is 5. The number of amides is 1. The molecule has 1 atom stereocenters. The number of fused-ring (bicyclic) bond motifs is 1. The van der Waals surface area contributed by atoms with Gasteiger partial charge in [-0.1, -0.05) is 0 Å². The highest BCUT2D eigenvalue weighted by Gasteiger charge is 2.41. The van der Waals surface area contributed by atoms with Crippen LogP contribution in [-0.4, -0.2) is 43.7 Å². The Morgan fingerprint density at radius 3 is 2.38 bits per heavy atom. The molecule has 0 radical (unpaired) electrons. The van der Waals surface area contributed by atoms with Crippen LogP contribution in [0.3, 0.4) is 0 Å². The zero-order chi connectivity index (χ0) is 19.1. The molecule has 0 saturated carbocycles. The Bertz CT molecular complexity index is 889. The van der Waals surface area contributed by atoms with Crippen molar-refractivity contribution >= 4 is 11.7 Å². The van der Waals surface area contributed by atoms with E-state index in [1.165, 1.54) is 36.4 Å². The molecule has 136 valence electrons. The third-order valence-electron chi connectivity index (χ3n) is 4.02. The minimum atomic E-state index is -1.99. The van der Waals surface area contributed by atoms with Crippen LogP contribution in [0.25, 0.3) is 5.76 Å². The highest BCUT2D eigenvalue weighted by Crippen LogP contribution is 2.48. The topological polar surface area (TPSA) is 131 Å². The lowest BCUT2D eigenvalue weighted by molar-refractivity contribution is -0.163. The summed E-state index contributed by atoms with van der Waals surface area (Å²) in [5.41, 5.74) is -1.61. The fraction of sp³-hybridized carbons (Fsp3) is 0.167. The molecule has 0 aliphatic carbocycles. The van der Waals surface area contributed by atoms with Gasteiger partial charge in [0.2, 0.25) is 5.91 Å². The summed E-state index contributed by atoms with van der Waals surface area (Å²) in [7, 11) is 1.12. The molecule has 0 spiro atoms. The van der Waals surface area contributed by atoms with Gasteiger partial charge in [-0.05, 0) is 30.3 Å². The molecule has 1 aliphatic heterocycles. The Morgan fingerprint density at radius 1 is 1.12 bits per heavy atom. The molecule has 1 aliphatic rings. The molecule has 26 heavy (non-hydrogen) atoms. The molecule has 5 N–H and O–H groups in total. The summed E-state index contributed by atoms with van der Waals surface area (Å²) in [6, 6.07) is 8.12. The van der Waals surface area contributed by atoms with E-state index < -0.39 is 23.7 Å². The van der Waals surface area contributed by atoms with Crippen molar-refractivity contribution < 1.29 is 35.2 Å². The van der Waals surface area contributed by atoms with Crippen LogP contribution >= 0.6 is 0 Å². The molecular formula is C18H17NO7. The van der Waals surface area contributed by atoms with Crippen LogP contribution in [0.2, 0.25) is 0 Å². The number of carbonyl (C=O) groups is 1. The van der Waals surface area contributed by atoms with E-state index in [0.717, 1.165) is 13.1 Å². The highest BCUT2D eigenvalue weighted by atomic mass is 16.5. The maximum Gasteiger partial charge on any atom is 0.249 e. The van der Waals surface area contributed by atoms with Gasteiger partial charge in [0.1, 0.15) is 34.4 Å². The van der Waals surface area contributed by atoms with Crippen LogP contribution < -0.4 is 4.74 Å². The van der Waals surface area contributed by atoms with Crippen LogP contribution in [0.15, 0.2) is 42.5 Å². The normalized spacial score (nSPS) is 18.5. The van der Waals surface area contributed by atoms with Gasteiger partial charge in [0, 0.05) is 24.7 Å². The first-order valence-electron chi connectivity index (χ1n) is 7.64. The molecule has 1 amide bonds. The largest absolute Gasteiger partial charge is 0.508 e. The number of aliphatic hydroxyl groups is 1. The van der Waals surface area contributed by atoms with Gasteiger partial charge in [-0.25, -0.2) is 5.06 Å². The van der Waals surface area contributed by atoms with Crippen LogP contribution in [0.5, 0.6) is 23.0 Å². The number of phenolic OH excluding ortho intramolecular Hbond substituents is 3. The summed E-state index contributed by atoms with van der Waals surface area (Å²) in [6.07, 6.45) is 0.663. The lowest BCUT2D eigenvalue weighted by atomic mass is 9.85. The fourth-order valence-corrected chi connectivity index (χ4v) is 2.79. The Morgan fingerprint density at radius 2 is 1.77 bits per heavy atom. The van der Waals surface area contributed by atoms with Gasteiger partial charge in [0.05, 0.1) is 12.0 Å². The lowest BCUT2D eigenvalue weighted by Gasteiger charge is -2.33. The van der Waals surface area contributed by atoms with Gasteiger partial charge in [-0.2, -0.15) is 0 Å². The second-order valence-corrected chi connectivity index (χ2v) is 6.01. The smallest absolute Gasteiger partial charge is 0.249 e. The summed E-state index contributed by atoms with van der Waals surface area (Å²) < 4.78 is 5.67. The third-order valence-corrected chi connectivity index (χ3v) is 4.02. The number of benzene rings is 2. The maximum absolute atomic E-state index is 12.0. The highest BCUT2D eigenvalue weighted by molar-refractivity contribution is 5.79. The summed E-state index contributed by atoms with van der Waals surface area (Å²) in [5, 5.41) is 50.1. The van der Waals surface area contributed by atoms with E-state index in [9.17, 15) is 30.4 Å². The minimum Gasteiger partial charge on any atom is -0.508 e. The number of phenols is 3. The summed E-state index contributed by atoms with van der Waals surface area (Å²) in [6.45, 7) is 0. The Kier molecular flexibility index (Phi) is 4.23.